The SMILES string of the molecule is CN=C(NCc1ccc(CS(=O)(=O)NC)cc1)NCC(c1ccco1)N1CCCCC1. The fourth-order valence-electron chi connectivity index (χ4n) is 3.77. The van der Waals surface area contributed by atoms with E-state index in [4.69, 9.17) is 4.42 Å². The number of likely N-dealkylation sites (tertiary alicyclic amines) is 1. The molecule has 0 radical (unpaired) electrons. The molecule has 8 nitrogen and oxygen atoms in total. The molecule has 3 N–H and O–H groups in total. The third-order valence-electron chi connectivity index (χ3n) is 5.54. The molecule has 0 aliphatic carbocycles. The zero-order chi connectivity index (χ0) is 22.1. The van der Waals surface area contributed by atoms with Crippen LogP contribution in [0.1, 0.15) is 42.2 Å². The zero-order valence-electron chi connectivity index (χ0n) is 18.3. The summed E-state index contributed by atoms with van der Waals surface area (Å²) in [5, 5.41) is 6.75. The van der Waals surface area contributed by atoms with E-state index in [9.17, 15) is 8.42 Å². The molecule has 0 saturated carbocycles. The summed E-state index contributed by atoms with van der Waals surface area (Å²) >= 11 is 0. The lowest BCUT2D eigenvalue weighted by Gasteiger charge is -2.33. The molecule has 2 heterocycles. The first kappa shape index (κ1) is 23.3. The van der Waals surface area contributed by atoms with Crippen molar-refractivity contribution < 1.29 is 12.8 Å². The number of rotatable bonds is 9. The molecule has 9 heteroatoms. The van der Waals surface area contributed by atoms with Gasteiger partial charge in [0.1, 0.15) is 5.76 Å². The summed E-state index contributed by atoms with van der Waals surface area (Å²) in [6.45, 7) is 3.45. The molecule has 0 bridgehead atoms. The van der Waals surface area contributed by atoms with Gasteiger partial charge in [-0.25, -0.2) is 13.1 Å². The van der Waals surface area contributed by atoms with E-state index in [0.717, 1.165) is 35.9 Å². The van der Waals surface area contributed by atoms with Crippen LogP contribution in [0.5, 0.6) is 0 Å². The van der Waals surface area contributed by atoms with Crippen LogP contribution in [0.2, 0.25) is 0 Å². The van der Waals surface area contributed by atoms with Crippen molar-refractivity contribution in [1.82, 2.24) is 20.3 Å². The Hall–Kier alpha value is -2.36. The number of furan rings is 1. The predicted molar refractivity (Wildman–Crippen MR) is 123 cm³/mol. The van der Waals surface area contributed by atoms with Crippen molar-refractivity contribution in [3.63, 3.8) is 0 Å². The molecule has 1 aromatic heterocycles. The van der Waals surface area contributed by atoms with E-state index in [-0.39, 0.29) is 11.8 Å². The average Bonchev–Trinajstić information content (AvgIpc) is 3.32. The van der Waals surface area contributed by atoms with Crippen LogP contribution in [-0.4, -0.2) is 53.0 Å². The molecule has 1 aromatic carbocycles. The van der Waals surface area contributed by atoms with Gasteiger partial charge in [0, 0.05) is 20.1 Å². The molecule has 0 amide bonds. The number of sulfonamides is 1. The van der Waals surface area contributed by atoms with Gasteiger partial charge in [-0.2, -0.15) is 0 Å². The van der Waals surface area contributed by atoms with Crippen molar-refractivity contribution in [3.8, 4) is 0 Å². The number of hydrogen-bond acceptors (Lipinski definition) is 5. The second-order valence-corrected chi connectivity index (χ2v) is 9.64. The van der Waals surface area contributed by atoms with Crippen LogP contribution >= 0.6 is 0 Å². The molecule has 1 saturated heterocycles. The van der Waals surface area contributed by atoms with Crippen LogP contribution in [0.15, 0.2) is 52.1 Å². The number of benzene rings is 1. The molecule has 2 aromatic rings. The van der Waals surface area contributed by atoms with E-state index < -0.39 is 10.0 Å². The predicted octanol–water partition coefficient (Wildman–Crippen LogP) is 2.22. The van der Waals surface area contributed by atoms with Crippen molar-refractivity contribution in [2.24, 2.45) is 4.99 Å². The minimum absolute atomic E-state index is 0.0227. The quantitative estimate of drug-likeness (QED) is 0.403. The lowest BCUT2D eigenvalue weighted by Crippen LogP contribution is -2.44. The smallest absolute Gasteiger partial charge is 0.215 e. The lowest BCUT2D eigenvalue weighted by molar-refractivity contribution is 0.146. The van der Waals surface area contributed by atoms with Crippen molar-refractivity contribution >= 4 is 16.0 Å². The van der Waals surface area contributed by atoms with Crippen molar-refractivity contribution in [2.45, 2.75) is 37.6 Å². The Labute approximate surface area is 185 Å². The minimum atomic E-state index is -3.27. The van der Waals surface area contributed by atoms with Crippen LogP contribution in [-0.2, 0) is 22.3 Å². The van der Waals surface area contributed by atoms with Gasteiger partial charge < -0.3 is 15.1 Å². The molecule has 3 rings (SSSR count). The molecule has 31 heavy (non-hydrogen) atoms. The molecule has 1 atom stereocenters. The first-order chi connectivity index (χ1) is 15.0. The summed E-state index contributed by atoms with van der Waals surface area (Å²) in [4.78, 5) is 6.81. The largest absolute Gasteiger partial charge is 0.468 e. The van der Waals surface area contributed by atoms with Gasteiger partial charge in [-0.15, -0.1) is 0 Å². The maximum absolute atomic E-state index is 11.7. The molecule has 1 unspecified atom stereocenters. The van der Waals surface area contributed by atoms with Crippen LogP contribution < -0.4 is 15.4 Å². The van der Waals surface area contributed by atoms with Crippen molar-refractivity contribution in [2.75, 3.05) is 33.7 Å². The highest BCUT2D eigenvalue weighted by atomic mass is 32.2. The normalized spacial score (nSPS) is 16.8. The van der Waals surface area contributed by atoms with E-state index >= 15 is 0 Å². The first-order valence-corrected chi connectivity index (χ1v) is 12.4. The van der Waals surface area contributed by atoms with Gasteiger partial charge in [0.15, 0.2) is 5.96 Å². The molecular formula is C22H33N5O3S. The molecular weight excluding hydrogens is 414 g/mol. The highest BCUT2D eigenvalue weighted by Crippen LogP contribution is 2.24. The average molecular weight is 448 g/mol. The topological polar surface area (TPSA) is 99.0 Å². The van der Waals surface area contributed by atoms with Crippen LogP contribution in [0, 0.1) is 0 Å². The van der Waals surface area contributed by atoms with Crippen molar-refractivity contribution in [1.29, 1.82) is 0 Å². The Morgan fingerprint density at radius 1 is 1.10 bits per heavy atom. The summed E-state index contributed by atoms with van der Waals surface area (Å²) < 4.78 is 31.4. The van der Waals surface area contributed by atoms with Gasteiger partial charge in [0.05, 0.1) is 18.1 Å². The summed E-state index contributed by atoms with van der Waals surface area (Å²) in [6.07, 6.45) is 5.45. The summed E-state index contributed by atoms with van der Waals surface area (Å²) in [5.41, 5.74) is 1.80. The fraction of sp³-hybridized carbons (Fsp3) is 0.500. The number of piperidine rings is 1. The van der Waals surface area contributed by atoms with E-state index in [1.807, 2.05) is 36.4 Å². The molecule has 170 valence electrons. The Morgan fingerprint density at radius 2 is 1.81 bits per heavy atom. The molecule has 1 aliphatic rings. The number of nitrogens with one attached hydrogen (secondary N) is 3. The Balaban J connectivity index is 1.53. The van der Waals surface area contributed by atoms with E-state index in [1.54, 1.807) is 13.3 Å². The highest BCUT2D eigenvalue weighted by Gasteiger charge is 2.24. The van der Waals surface area contributed by atoms with Gasteiger partial charge >= 0.3 is 0 Å². The first-order valence-electron chi connectivity index (χ1n) is 10.7. The number of nitrogens with zero attached hydrogens (tertiary/aromatic N) is 2. The molecule has 1 fully saturated rings. The maximum Gasteiger partial charge on any atom is 0.215 e. The molecule has 1 aliphatic heterocycles. The van der Waals surface area contributed by atoms with Crippen LogP contribution in [0.4, 0.5) is 0 Å². The van der Waals surface area contributed by atoms with E-state index in [2.05, 4.69) is 25.2 Å². The van der Waals surface area contributed by atoms with Gasteiger partial charge in [-0.3, -0.25) is 9.89 Å². The fourth-order valence-corrected chi connectivity index (χ4v) is 4.54. The summed E-state index contributed by atoms with van der Waals surface area (Å²) in [5.74, 6) is 1.66. The third-order valence-corrected chi connectivity index (χ3v) is 6.88. The Morgan fingerprint density at radius 3 is 2.42 bits per heavy atom. The standard InChI is InChI=1S/C22H33N5O3S/c1-23-22(25-15-18-8-10-19(11-9-18)17-31(28,29)24-2)26-16-20(21-7-6-14-30-21)27-12-4-3-5-13-27/h6-11,14,20,24H,3-5,12-13,15-17H2,1-2H3,(H2,23,25,26). The second-order valence-electron chi connectivity index (χ2n) is 7.71. The number of hydrogen-bond donors (Lipinski definition) is 3. The maximum atomic E-state index is 11.7. The van der Waals surface area contributed by atoms with Gasteiger partial charge in [-0.1, -0.05) is 30.7 Å². The van der Waals surface area contributed by atoms with Crippen LogP contribution in [0.25, 0.3) is 0 Å². The van der Waals surface area contributed by atoms with Gasteiger partial charge in [0.25, 0.3) is 0 Å². The Kier molecular flexibility index (Phi) is 8.51. The second kappa shape index (κ2) is 11.3. The monoisotopic (exact) mass is 447 g/mol. The number of aliphatic imine (C=N–C) groups is 1. The van der Waals surface area contributed by atoms with Crippen LogP contribution in [0.3, 0.4) is 0 Å². The molecule has 0 spiro atoms. The summed E-state index contributed by atoms with van der Waals surface area (Å²) in [6, 6.07) is 11.7. The Bertz CT molecular complexity index is 921. The number of guanidine groups is 1. The van der Waals surface area contributed by atoms with Gasteiger partial charge in [0.2, 0.25) is 10.0 Å². The van der Waals surface area contributed by atoms with E-state index in [0.29, 0.717) is 13.1 Å². The van der Waals surface area contributed by atoms with Crippen molar-refractivity contribution in [3.05, 3.63) is 59.5 Å². The minimum Gasteiger partial charge on any atom is -0.468 e. The van der Waals surface area contributed by atoms with Gasteiger partial charge in [-0.05, 0) is 56.2 Å². The van der Waals surface area contributed by atoms with E-state index in [1.165, 1.54) is 26.3 Å². The third kappa shape index (κ3) is 7.09. The zero-order valence-corrected chi connectivity index (χ0v) is 19.1. The summed E-state index contributed by atoms with van der Waals surface area (Å²) in [7, 11) is -0.0868. The lowest BCUT2D eigenvalue weighted by atomic mass is 10.1. The highest BCUT2D eigenvalue weighted by molar-refractivity contribution is 7.88.